The molecule has 1 N–H and O–H groups in total. The molecule has 0 unspecified atom stereocenters. The average Bonchev–Trinajstić information content (AvgIpc) is 3.41. The molecule has 4 aromatic rings. The summed E-state index contributed by atoms with van der Waals surface area (Å²) in [5.74, 6) is 0.997. The third-order valence-corrected chi connectivity index (χ3v) is 5.87. The molecular weight excluding hydrogens is 350 g/mol. The van der Waals surface area contributed by atoms with E-state index in [1.807, 2.05) is 43.0 Å². The van der Waals surface area contributed by atoms with Gasteiger partial charge in [-0.05, 0) is 38.1 Å². The summed E-state index contributed by atoms with van der Waals surface area (Å²) in [6.45, 7) is 6.09. The molecular formula is C23H23N3O2. The minimum atomic E-state index is 0.106. The van der Waals surface area contributed by atoms with Crippen LogP contribution in [0.5, 0.6) is 0 Å². The highest BCUT2D eigenvalue weighted by molar-refractivity contribution is 5.96. The quantitative estimate of drug-likeness (QED) is 0.578. The number of rotatable bonds is 3. The van der Waals surface area contributed by atoms with Crippen LogP contribution in [-0.4, -0.2) is 26.9 Å². The highest BCUT2D eigenvalue weighted by Gasteiger charge is 2.27. The van der Waals surface area contributed by atoms with E-state index in [0.717, 1.165) is 41.2 Å². The molecule has 4 heterocycles. The Hall–Kier alpha value is -3.21. The maximum Gasteiger partial charge on any atom is 0.255 e. The number of aromatic amines is 1. The minimum absolute atomic E-state index is 0.106. The van der Waals surface area contributed by atoms with Crippen LogP contribution >= 0.6 is 0 Å². The van der Waals surface area contributed by atoms with Gasteiger partial charge >= 0.3 is 0 Å². The molecule has 0 fully saturated rings. The lowest BCUT2D eigenvalue weighted by atomic mass is 10.0. The summed E-state index contributed by atoms with van der Waals surface area (Å²) in [4.78, 5) is 18.8. The monoisotopic (exact) mass is 373 g/mol. The van der Waals surface area contributed by atoms with E-state index < -0.39 is 0 Å². The largest absolute Gasteiger partial charge is 0.467 e. The van der Waals surface area contributed by atoms with Crippen LogP contribution in [0, 0.1) is 13.8 Å². The van der Waals surface area contributed by atoms with E-state index in [-0.39, 0.29) is 5.91 Å². The normalized spacial score (nSPS) is 13.9. The van der Waals surface area contributed by atoms with Gasteiger partial charge in [0.1, 0.15) is 5.76 Å². The van der Waals surface area contributed by atoms with E-state index in [9.17, 15) is 4.79 Å². The lowest BCUT2D eigenvalue weighted by Crippen LogP contribution is -2.36. The number of fused-ring (bicyclic) bond motifs is 3. The van der Waals surface area contributed by atoms with Crippen molar-refractivity contribution in [2.75, 3.05) is 6.54 Å². The van der Waals surface area contributed by atoms with E-state index in [4.69, 9.17) is 4.42 Å². The summed E-state index contributed by atoms with van der Waals surface area (Å²) in [6, 6.07) is 14.2. The molecule has 0 atom stereocenters. The Bertz CT molecular complexity index is 1160. The Balaban J connectivity index is 1.44. The van der Waals surface area contributed by atoms with E-state index in [1.54, 1.807) is 6.26 Å². The predicted molar refractivity (Wildman–Crippen MR) is 108 cm³/mol. The number of carbonyl (C=O) groups is 1. The first-order chi connectivity index (χ1) is 13.6. The van der Waals surface area contributed by atoms with Crippen LogP contribution in [-0.2, 0) is 19.5 Å². The highest BCUT2D eigenvalue weighted by atomic mass is 16.3. The lowest BCUT2D eigenvalue weighted by Gasteiger charge is -2.27. The number of nitrogens with zero attached hydrogens (tertiary/aromatic N) is 2. The van der Waals surface area contributed by atoms with E-state index in [1.165, 1.54) is 16.6 Å². The van der Waals surface area contributed by atoms with Crippen LogP contribution in [0.4, 0.5) is 0 Å². The fourth-order valence-corrected chi connectivity index (χ4v) is 4.33. The molecule has 1 aliphatic rings. The molecule has 5 rings (SSSR count). The van der Waals surface area contributed by atoms with Gasteiger partial charge in [0.2, 0.25) is 0 Å². The van der Waals surface area contributed by atoms with E-state index in [0.29, 0.717) is 13.1 Å². The smallest absolute Gasteiger partial charge is 0.255 e. The van der Waals surface area contributed by atoms with E-state index >= 15 is 0 Å². The summed E-state index contributed by atoms with van der Waals surface area (Å²) in [5, 5.41) is 1.22. The average molecular weight is 373 g/mol. The van der Waals surface area contributed by atoms with Crippen LogP contribution in [0.15, 0.2) is 53.1 Å². The number of hydrogen-bond acceptors (Lipinski definition) is 2. The summed E-state index contributed by atoms with van der Waals surface area (Å²) >= 11 is 0. The number of hydrogen-bond donors (Lipinski definition) is 1. The fraction of sp³-hybridized carbons (Fsp3) is 0.261. The zero-order chi connectivity index (χ0) is 19.3. The summed E-state index contributed by atoms with van der Waals surface area (Å²) in [7, 11) is 0. The Morgan fingerprint density at radius 3 is 2.86 bits per heavy atom. The molecule has 0 radical (unpaired) electrons. The number of amides is 1. The maximum atomic E-state index is 13.3. The van der Waals surface area contributed by atoms with Crippen LogP contribution in [0.1, 0.15) is 38.8 Å². The first-order valence-electron chi connectivity index (χ1n) is 9.68. The number of aryl methyl sites for hydroxylation is 1. The number of para-hydroxylation sites is 1. The van der Waals surface area contributed by atoms with Gasteiger partial charge in [0, 0.05) is 53.1 Å². The zero-order valence-electron chi connectivity index (χ0n) is 16.2. The second-order valence-electron chi connectivity index (χ2n) is 7.55. The number of aromatic nitrogens is 2. The molecule has 3 aromatic heterocycles. The standard InChI is InChI=1S/C23H23N3O2/c1-15-12-19(16(2)26(15)13-17-6-5-11-28-17)23(27)25-10-9-22-20(14-25)18-7-3-4-8-21(18)24-22/h3-8,11-12,24H,9-10,13-14H2,1-2H3. The highest BCUT2D eigenvalue weighted by Crippen LogP contribution is 2.29. The Morgan fingerprint density at radius 1 is 1.18 bits per heavy atom. The minimum Gasteiger partial charge on any atom is -0.467 e. The van der Waals surface area contributed by atoms with Crippen LogP contribution in [0.2, 0.25) is 0 Å². The fourth-order valence-electron chi connectivity index (χ4n) is 4.33. The summed E-state index contributed by atoms with van der Waals surface area (Å²) in [6.07, 6.45) is 2.54. The first-order valence-corrected chi connectivity index (χ1v) is 9.68. The van der Waals surface area contributed by atoms with Crippen LogP contribution < -0.4 is 0 Å². The van der Waals surface area contributed by atoms with Crippen molar-refractivity contribution < 1.29 is 9.21 Å². The van der Waals surface area contributed by atoms with Crippen LogP contribution in [0.3, 0.4) is 0 Å². The maximum absolute atomic E-state index is 13.3. The third kappa shape index (κ3) is 2.66. The number of nitrogens with one attached hydrogen (secondary N) is 1. The van der Waals surface area contributed by atoms with Gasteiger partial charge in [0.05, 0.1) is 18.4 Å². The number of benzene rings is 1. The van der Waals surface area contributed by atoms with Gasteiger partial charge in [-0.15, -0.1) is 0 Å². The molecule has 1 amide bonds. The zero-order valence-corrected chi connectivity index (χ0v) is 16.2. The predicted octanol–water partition coefficient (Wildman–Crippen LogP) is 4.43. The SMILES string of the molecule is Cc1cc(C(=O)N2CCc3[nH]c4ccccc4c3C2)c(C)n1Cc1ccco1. The van der Waals surface area contributed by atoms with Gasteiger partial charge in [-0.25, -0.2) is 0 Å². The van der Waals surface area contributed by atoms with Gasteiger partial charge in [0.25, 0.3) is 5.91 Å². The topological polar surface area (TPSA) is 54.2 Å². The molecule has 1 aromatic carbocycles. The molecule has 5 heteroatoms. The molecule has 0 bridgehead atoms. The third-order valence-electron chi connectivity index (χ3n) is 5.87. The lowest BCUT2D eigenvalue weighted by molar-refractivity contribution is 0.0734. The molecule has 1 aliphatic heterocycles. The van der Waals surface area contributed by atoms with E-state index in [2.05, 4.69) is 27.8 Å². The van der Waals surface area contributed by atoms with Crippen LogP contribution in [0.25, 0.3) is 10.9 Å². The molecule has 0 aliphatic carbocycles. The van der Waals surface area contributed by atoms with Crippen molar-refractivity contribution in [1.29, 1.82) is 0 Å². The summed E-state index contributed by atoms with van der Waals surface area (Å²) < 4.78 is 7.63. The van der Waals surface area contributed by atoms with Gasteiger partial charge in [-0.3, -0.25) is 4.79 Å². The van der Waals surface area contributed by atoms with Crippen molar-refractivity contribution >= 4 is 16.8 Å². The van der Waals surface area contributed by atoms with Gasteiger partial charge in [-0.1, -0.05) is 18.2 Å². The summed E-state index contributed by atoms with van der Waals surface area (Å²) in [5.41, 5.74) is 6.50. The molecule has 0 saturated heterocycles. The first kappa shape index (κ1) is 16.9. The second-order valence-corrected chi connectivity index (χ2v) is 7.55. The Morgan fingerprint density at radius 2 is 2.04 bits per heavy atom. The van der Waals surface area contributed by atoms with Gasteiger partial charge < -0.3 is 18.9 Å². The Kier molecular flexibility index (Phi) is 3.90. The van der Waals surface area contributed by atoms with Crippen molar-refractivity contribution in [2.45, 2.75) is 33.4 Å². The molecule has 142 valence electrons. The second kappa shape index (κ2) is 6.44. The molecule has 0 spiro atoms. The van der Waals surface area contributed by atoms with Crippen molar-refractivity contribution in [3.8, 4) is 0 Å². The van der Waals surface area contributed by atoms with Gasteiger partial charge in [-0.2, -0.15) is 0 Å². The van der Waals surface area contributed by atoms with Crippen molar-refractivity contribution in [2.24, 2.45) is 0 Å². The molecule has 5 nitrogen and oxygen atoms in total. The van der Waals surface area contributed by atoms with Crippen molar-refractivity contribution in [1.82, 2.24) is 14.5 Å². The van der Waals surface area contributed by atoms with Crippen molar-refractivity contribution in [3.05, 3.63) is 82.7 Å². The van der Waals surface area contributed by atoms with Crippen molar-refractivity contribution in [3.63, 3.8) is 0 Å². The van der Waals surface area contributed by atoms with Gasteiger partial charge in [0.15, 0.2) is 0 Å². The molecule has 28 heavy (non-hydrogen) atoms. The Labute approximate surface area is 163 Å². The number of H-pyrrole nitrogens is 1. The molecule has 0 saturated carbocycles. The number of carbonyl (C=O) groups excluding carboxylic acids is 1. The number of furan rings is 1.